The third-order valence-electron chi connectivity index (χ3n) is 5.87. The summed E-state index contributed by atoms with van der Waals surface area (Å²) in [7, 11) is -1.95. The van der Waals surface area contributed by atoms with Gasteiger partial charge in [0, 0.05) is 29.0 Å². The van der Waals surface area contributed by atoms with E-state index in [1.165, 1.54) is 52.3 Å². The molecule has 3 heteroatoms. The van der Waals surface area contributed by atoms with Crippen molar-refractivity contribution in [1.82, 2.24) is 0 Å². The molecule has 3 aromatic rings. The highest BCUT2D eigenvalue weighted by Crippen LogP contribution is 2.33. The number of rotatable bonds is 3. The molecule has 130 valence electrons. The molecule has 5 rings (SSSR count). The first-order valence-corrected chi connectivity index (χ1v) is 12.7. The first-order chi connectivity index (χ1) is 12.9. The minimum absolute atomic E-state index is 1.21. The smallest absolute Gasteiger partial charge is 0.159 e. The minimum Gasteiger partial charge on any atom is -0.372 e. The Morgan fingerprint density at radius 1 is 0.731 bits per heavy atom. The van der Waals surface area contributed by atoms with Gasteiger partial charge in [0.05, 0.1) is 0 Å². The zero-order valence-electron chi connectivity index (χ0n) is 14.9. The van der Waals surface area contributed by atoms with E-state index >= 15 is 0 Å². The Bertz CT molecular complexity index is 865. The van der Waals surface area contributed by atoms with Crippen LogP contribution in [-0.2, 0) is 0 Å². The summed E-state index contributed by atoms with van der Waals surface area (Å²) < 4.78 is 0. The molecule has 0 atom stereocenters. The van der Waals surface area contributed by atoms with Gasteiger partial charge in [0.15, 0.2) is 8.07 Å². The number of hydrogen-bond acceptors (Lipinski definition) is 2. The third-order valence-corrected chi connectivity index (χ3v) is 13.0. The zero-order valence-corrected chi connectivity index (χ0v) is 16.7. The average Bonchev–Trinajstić information content (AvgIpc) is 3.38. The lowest BCUT2D eigenvalue weighted by Gasteiger charge is -2.30. The van der Waals surface area contributed by atoms with Gasteiger partial charge >= 0.3 is 0 Å². The van der Waals surface area contributed by atoms with E-state index in [1.807, 2.05) is 0 Å². The minimum atomic E-state index is -1.95. The number of nitrogens with zero attached hydrogens (tertiary/aromatic N) is 1. The Kier molecular flexibility index (Phi) is 4.14. The van der Waals surface area contributed by atoms with Crippen molar-refractivity contribution in [3.63, 3.8) is 0 Å². The molecule has 0 spiro atoms. The highest BCUT2D eigenvalue weighted by molar-refractivity contribution is 8.02. The van der Waals surface area contributed by atoms with Gasteiger partial charge in [-0.15, -0.1) is 11.8 Å². The van der Waals surface area contributed by atoms with Crippen LogP contribution in [0.25, 0.3) is 0 Å². The molecule has 26 heavy (non-hydrogen) atoms. The van der Waals surface area contributed by atoms with E-state index in [-0.39, 0.29) is 0 Å². The van der Waals surface area contributed by atoms with Crippen molar-refractivity contribution in [2.24, 2.45) is 0 Å². The summed E-state index contributed by atoms with van der Waals surface area (Å²) in [5, 5.41) is 5.90. The van der Waals surface area contributed by atoms with Crippen molar-refractivity contribution in [3.8, 4) is 0 Å². The predicted octanol–water partition coefficient (Wildman–Crippen LogP) is 3.40. The Morgan fingerprint density at radius 3 is 1.96 bits per heavy atom. The highest BCUT2D eigenvalue weighted by Gasteiger charge is 2.45. The summed E-state index contributed by atoms with van der Waals surface area (Å²) in [5.74, 6) is 0. The molecule has 1 saturated heterocycles. The summed E-state index contributed by atoms with van der Waals surface area (Å²) >= 11 is 2.06. The van der Waals surface area contributed by atoms with Gasteiger partial charge in [-0.2, -0.15) is 0 Å². The first-order valence-electron chi connectivity index (χ1n) is 9.51. The van der Waals surface area contributed by atoms with Crippen LogP contribution in [0.3, 0.4) is 0 Å². The van der Waals surface area contributed by atoms with E-state index in [4.69, 9.17) is 0 Å². The van der Waals surface area contributed by atoms with Crippen molar-refractivity contribution in [2.45, 2.75) is 17.7 Å². The van der Waals surface area contributed by atoms with Gasteiger partial charge in [-0.25, -0.2) is 0 Å². The molecule has 3 aromatic carbocycles. The van der Waals surface area contributed by atoms with E-state index in [9.17, 15) is 0 Å². The van der Waals surface area contributed by atoms with E-state index in [1.54, 1.807) is 5.19 Å². The van der Waals surface area contributed by atoms with E-state index < -0.39 is 8.07 Å². The maximum Gasteiger partial charge on any atom is 0.159 e. The summed E-state index contributed by atoms with van der Waals surface area (Å²) in [4.78, 5) is 4.06. The standard InChI is InChI=1S/C23H23NSSi/c1-3-9-20(10-4-1)26(21-11-5-2-6-12-21)18-25-22-14-13-19(17-23(22)26)24-15-7-8-16-24/h1-6,9-14,17H,7-8,15-16,18H2. The van der Waals surface area contributed by atoms with E-state index in [2.05, 4.69) is 95.5 Å². The summed E-state index contributed by atoms with van der Waals surface area (Å²) in [5.41, 5.74) is 1.42. The fraction of sp³-hybridized carbons (Fsp3) is 0.217. The average molecular weight is 374 g/mol. The Morgan fingerprint density at radius 2 is 1.35 bits per heavy atom. The van der Waals surface area contributed by atoms with Crippen LogP contribution in [0, 0.1) is 0 Å². The van der Waals surface area contributed by atoms with Gasteiger partial charge in [0.1, 0.15) is 0 Å². The molecule has 0 N–H and O–H groups in total. The summed E-state index contributed by atoms with van der Waals surface area (Å²) in [6.07, 6.45) is 2.65. The number of fused-ring (bicyclic) bond motifs is 1. The van der Waals surface area contributed by atoms with Gasteiger partial charge < -0.3 is 4.90 Å². The molecule has 0 amide bonds. The van der Waals surface area contributed by atoms with Gasteiger partial charge in [-0.3, -0.25) is 0 Å². The third kappa shape index (κ3) is 2.53. The van der Waals surface area contributed by atoms with Crippen LogP contribution in [0.15, 0.2) is 83.8 Å². The van der Waals surface area contributed by atoms with Crippen LogP contribution < -0.4 is 20.5 Å². The summed E-state index contributed by atoms with van der Waals surface area (Å²) in [6, 6.07) is 29.8. The maximum absolute atomic E-state index is 2.57. The van der Waals surface area contributed by atoms with Gasteiger partial charge in [-0.05, 0) is 46.6 Å². The largest absolute Gasteiger partial charge is 0.372 e. The Hall–Kier alpha value is -1.97. The molecular weight excluding hydrogens is 350 g/mol. The lowest BCUT2D eigenvalue weighted by atomic mass is 10.3. The predicted molar refractivity (Wildman–Crippen MR) is 116 cm³/mol. The monoisotopic (exact) mass is 373 g/mol. The molecular formula is C23H23NSSi. The lowest BCUT2D eigenvalue weighted by Crippen LogP contribution is -2.67. The molecule has 1 nitrogen and oxygen atoms in total. The van der Waals surface area contributed by atoms with Gasteiger partial charge in [-0.1, -0.05) is 60.7 Å². The van der Waals surface area contributed by atoms with Crippen LogP contribution in [0.4, 0.5) is 5.69 Å². The van der Waals surface area contributed by atoms with Crippen molar-refractivity contribution < 1.29 is 0 Å². The number of thioether (sulfide) groups is 1. The molecule has 0 saturated carbocycles. The maximum atomic E-state index is 2.57. The van der Waals surface area contributed by atoms with Crippen molar-refractivity contribution in [3.05, 3.63) is 78.9 Å². The number of hydrogen-bond donors (Lipinski definition) is 0. The van der Waals surface area contributed by atoms with Crippen LogP contribution in [-0.4, -0.2) is 26.5 Å². The van der Waals surface area contributed by atoms with Gasteiger partial charge in [0.25, 0.3) is 0 Å². The normalized spacial score (nSPS) is 18.1. The SMILES string of the molecule is c1ccc([Si]2(c3ccccc3)CSc3ccc(N4CCCC4)cc32)cc1. The van der Waals surface area contributed by atoms with Gasteiger partial charge in [0.2, 0.25) is 0 Å². The van der Waals surface area contributed by atoms with Crippen molar-refractivity contribution >= 4 is 41.1 Å². The topological polar surface area (TPSA) is 3.24 Å². The quantitative estimate of drug-likeness (QED) is 0.648. The summed E-state index contributed by atoms with van der Waals surface area (Å²) in [6.45, 7) is 2.41. The fourth-order valence-corrected chi connectivity index (χ4v) is 12.4. The van der Waals surface area contributed by atoms with E-state index in [0.717, 1.165) is 0 Å². The molecule has 2 aliphatic rings. The molecule has 2 heterocycles. The van der Waals surface area contributed by atoms with Crippen molar-refractivity contribution in [1.29, 1.82) is 0 Å². The molecule has 2 aliphatic heterocycles. The molecule has 0 unspecified atom stereocenters. The molecule has 1 fully saturated rings. The second kappa shape index (κ2) is 6.64. The molecule has 0 aliphatic carbocycles. The van der Waals surface area contributed by atoms with Crippen LogP contribution in [0.1, 0.15) is 12.8 Å². The number of anilines is 1. The Balaban J connectivity index is 1.72. The van der Waals surface area contributed by atoms with E-state index in [0.29, 0.717) is 0 Å². The zero-order chi connectivity index (χ0) is 17.4. The van der Waals surface area contributed by atoms with Crippen molar-refractivity contribution in [2.75, 3.05) is 23.4 Å². The van der Waals surface area contributed by atoms with Crippen LogP contribution >= 0.6 is 11.8 Å². The lowest BCUT2D eigenvalue weighted by molar-refractivity contribution is 0.949. The Labute approximate surface area is 161 Å². The first kappa shape index (κ1) is 16.2. The number of benzene rings is 3. The molecule has 0 radical (unpaired) electrons. The highest BCUT2D eigenvalue weighted by atomic mass is 32.2. The van der Waals surface area contributed by atoms with Crippen LogP contribution in [0.5, 0.6) is 0 Å². The molecule has 0 bridgehead atoms. The fourth-order valence-electron chi connectivity index (χ4n) is 4.50. The second-order valence-electron chi connectivity index (χ2n) is 7.30. The second-order valence-corrected chi connectivity index (χ2v) is 12.7. The molecule has 0 aromatic heterocycles. The van der Waals surface area contributed by atoms with Crippen LogP contribution in [0.2, 0.25) is 0 Å².